The fourth-order valence-electron chi connectivity index (χ4n) is 2.07. The lowest BCUT2D eigenvalue weighted by atomic mass is 9.99. The highest BCUT2D eigenvalue weighted by Gasteiger charge is 2.20. The molecule has 1 aromatic rings. The zero-order valence-corrected chi connectivity index (χ0v) is 10.1. The predicted molar refractivity (Wildman–Crippen MR) is 63.1 cm³/mol. The fraction of sp³-hybridized carbons (Fsp3) is 0.727. The predicted octanol–water partition coefficient (Wildman–Crippen LogP) is -0.0862. The molecule has 0 bridgehead atoms. The van der Waals surface area contributed by atoms with E-state index in [-0.39, 0.29) is 11.8 Å². The van der Waals surface area contributed by atoms with E-state index in [1.807, 2.05) is 11.5 Å². The van der Waals surface area contributed by atoms with Crippen molar-refractivity contribution in [3.8, 4) is 0 Å². The SMILES string of the molecule is CCn1cnnc1CNC(=O)C1CCCNC1. The van der Waals surface area contributed by atoms with Gasteiger partial charge in [-0.3, -0.25) is 4.79 Å². The van der Waals surface area contributed by atoms with Gasteiger partial charge in [0.25, 0.3) is 0 Å². The van der Waals surface area contributed by atoms with Crippen LogP contribution in [0.1, 0.15) is 25.6 Å². The van der Waals surface area contributed by atoms with Crippen molar-refractivity contribution in [3.05, 3.63) is 12.2 Å². The van der Waals surface area contributed by atoms with E-state index in [1.165, 1.54) is 0 Å². The van der Waals surface area contributed by atoms with Crippen LogP contribution < -0.4 is 10.6 Å². The third-order valence-corrected chi connectivity index (χ3v) is 3.12. The highest BCUT2D eigenvalue weighted by molar-refractivity contribution is 5.78. The van der Waals surface area contributed by atoms with Gasteiger partial charge in [0, 0.05) is 13.1 Å². The maximum Gasteiger partial charge on any atom is 0.224 e. The minimum absolute atomic E-state index is 0.0988. The summed E-state index contributed by atoms with van der Waals surface area (Å²) in [6.45, 7) is 5.12. The lowest BCUT2D eigenvalue weighted by Crippen LogP contribution is -2.40. The van der Waals surface area contributed by atoms with Crippen LogP contribution in [0.25, 0.3) is 0 Å². The topological polar surface area (TPSA) is 71.8 Å². The first-order valence-corrected chi connectivity index (χ1v) is 6.16. The van der Waals surface area contributed by atoms with Crippen molar-refractivity contribution >= 4 is 5.91 Å². The number of nitrogens with zero attached hydrogens (tertiary/aromatic N) is 3. The van der Waals surface area contributed by atoms with Crippen LogP contribution in [-0.4, -0.2) is 33.8 Å². The number of amides is 1. The molecule has 1 fully saturated rings. The summed E-state index contributed by atoms with van der Waals surface area (Å²) in [6, 6.07) is 0. The van der Waals surface area contributed by atoms with E-state index in [2.05, 4.69) is 20.8 Å². The van der Waals surface area contributed by atoms with Crippen molar-refractivity contribution in [2.45, 2.75) is 32.9 Å². The molecule has 2 heterocycles. The number of aryl methyl sites for hydroxylation is 1. The van der Waals surface area contributed by atoms with E-state index in [9.17, 15) is 4.79 Å². The van der Waals surface area contributed by atoms with Crippen molar-refractivity contribution < 1.29 is 4.79 Å². The Hall–Kier alpha value is -1.43. The molecule has 1 amide bonds. The lowest BCUT2D eigenvalue weighted by Gasteiger charge is -2.21. The molecule has 0 aromatic carbocycles. The highest BCUT2D eigenvalue weighted by Crippen LogP contribution is 2.09. The van der Waals surface area contributed by atoms with Gasteiger partial charge in [-0.25, -0.2) is 0 Å². The van der Waals surface area contributed by atoms with Crippen LogP contribution >= 0.6 is 0 Å². The van der Waals surface area contributed by atoms with Crippen LogP contribution in [0.15, 0.2) is 6.33 Å². The molecule has 2 N–H and O–H groups in total. The first kappa shape index (κ1) is 12.0. The summed E-state index contributed by atoms with van der Waals surface area (Å²) in [7, 11) is 0. The Morgan fingerprint density at radius 3 is 3.29 bits per heavy atom. The zero-order chi connectivity index (χ0) is 12.1. The van der Waals surface area contributed by atoms with E-state index in [4.69, 9.17) is 0 Å². The average molecular weight is 237 g/mol. The zero-order valence-electron chi connectivity index (χ0n) is 10.1. The summed E-state index contributed by atoms with van der Waals surface area (Å²) < 4.78 is 1.93. The molecule has 1 unspecified atom stereocenters. The molecule has 94 valence electrons. The molecule has 2 rings (SSSR count). The quantitative estimate of drug-likeness (QED) is 0.768. The summed E-state index contributed by atoms with van der Waals surface area (Å²) in [5, 5.41) is 14.0. The molecule has 1 aliphatic rings. The maximum absolute atomic E-state index is 11.9. The molecule has 1 aliphatic heterocycles. The third-order valence-electron chi connectivity index (χ3n) is 3.12. The number of aromatic nitrogens is 3. The molecule has 0 aliphatic carbocycles. The molecule has 1 aromatic heterocycles. The number of nitrogens with one attached hydrogen (secondary N) is 2. The van der Waals surface area contributed by atoms with Gasteiger partial charge in [0.2, 0.25) is 5.91 Å². The summed E-state index contributed by atoms with van der Waals surface area (Å²) in [5.74, 6) is 1.02. The van der Waals surface area contributed by atoms with Gasteiger partial charge < -0.3 is 15.2 Å². The second kappa shape index (κ2) is 5.77. The number of carbonyl (C=O) groups is 1. The summed E-state index contributed by atoms with van der Waals surface area (Å²) >= 11 is 0. The molecule has 0 saturated carbocycles. The number of hydrogen-bond acceptors (Lipinski definition) is 4. The maximum atomic E-state index is 11.9. The largest absolute Gasteiger partial charge is 0.349 e. The minimum Gasteiger partial charge on any atom is -0.349 e. The Labute approximate surface area is 101 Å². The van der Waals surface area contributed by atoms with Crippen molar-refractivity contribution in [1.29, 1.82) is 0 Å². The summed E-state index contributed by atoms with van der Waals surface area (Å²) in [6.07, 6.45) is 3.73. The van der Waals surface area contributed by atoms with Crippen LogP contribution in [0.2, 0.25) is 0 Å². The first-order chi connectivity index (χ1) is 8.31. The normalized spacial score (nSPS) is 20.2. The van der Waals surface area contributed by atoms with Crippen LogP contribution in [0.4, 0.5) is 0 Å². The van der Waals surface area contributed by atoms with E-state index < -0.39 is 0 Å². The minimum atomic E-state index is 0.0988. The van der Waals surface area contributed by atoms with Gasteiger partial charge >= 0.3 is 0 Å². The van der Waals surface area contributed by atoms with Gasteiger partial charge in [0.15, 0.2) is 5.82 Å². The van der Waals surface area contributed by atoms with Gasteiger partial charge in [-0.1, -0.05) is 0 Å². The first-order valence-electron chi connectivity index (χ1n) is 6.16. The van der Waals surface area contributed by atoms with Crippen molar-refractivity contribution in [2.75, 3.05) is 13.1 Å². The van der Waals surface area contributed by atoms with Gasteiger partial charge in [0.05, 0.1) is 12.5 Å². The molecule has 6 heteroatoms. The Kier molecular flexibility index (Phi) is 4.08. The average Bonchev–Trinajstić information content (AvgIpc) is 2.84. The fourth-order valence-corrected chi connectivity index (χ4v) is 2.07. The van der Waals surface area contributed by atoms with Crippen molar-refractivity contribution in [2.24, 2.45) is 5.92 Å². The smallest absolute Gasteiger partial charge is 0.224 e. The third kappa shape index (κ3) is 3.03. The number of rotatable bonds is 4. The lowest BCUT2D eigenvalue weighted by molar-refractivity contribution is -0.125. The molecular weight excluding hydrogens is 218 g/mol. The van der Waals surface area contributed by atoms with Crippen molar-refractivity contribution in [1.82, 2.24) is 25.4 Å². The molecule has 0 radical (unpaired) electrons. The standard InChI is InChI=1S/C11H19N5O/c1-2-16-8-14-15-10(16)7-13-11(17)9-4-3-5-12-6-9/h8-9,12H,2-7H2,1H3,(H,13,17). The molecule has 1 atom stereocenters. The number of carbonyl (C=O) groups excluding carboxylic acids is 1. The van der Waals surface area contributed by atoms with Crippen LogP contribution in [0.5, 0.6) is 0 Å². The van der Waals surface area contributed by atoms with Crippen molar-refractivity contribution in [3.63, 3.8) is 0 Å². The highest BCUT2D eigenvalue weighted by atomic mass is 16.1. The van der Waals surface area contributed by atoms with E-state index in [0.717, 1.165) is 38.3 Å². The Bertz CT molecular complexity index is 370. The van der Waals surface area contributed by atoms with Gasteiger partial charge in [-0.2, -0.15) is 0 Å². The Morgan fingerprint density at radius 2 is 2.59 bits per heavy atom. The Balaban J connectivity index is 1.83. The molecule has 6 nitrogen and oxygen atoms in total. The van der Waals surface area contributed by atoms with Gasteiger partial charge in [-0.05, 0) is 26.3 Å². The van der Waals surface area contributed by atoms with Crippen LogP contribution in [0, 0.1) is 5.92 Å². The van der Waals surface area contributed by atoms with Crippen LogP contribution in [-0.2, 0) is 17.9 Å². The summed E-state index contributed by atoms with van der Waals surface area (Å²) in [5.41, 5.74) is 0. The molecule has 17 heavy (non-hydrogen) atoms. The second-order valence-corrected chi connectivity index (χ2v) is 4.29. The van der Waals surface area contributed by atoms with E-state index in [0.29, 0.717) is 6.54 Å². The van der Waals surface area contributed by atoms with Gasteiger partial charge in [0.1, 0.15) is 6.33 Å². The number of hydrogen-bond donors (Lipinski definition) is 2. The summed E-state index contributed by atoms with van der Waals surface area (Å²) in [4.78, 5) is 11.9. The molecule has 1 saturated heterocycles. The monoisotopic (exact) mass is 237 g/mol. The van der Waals surface area contributed by atoms with Crippen LogP contribution in [0.3, 0.4) is 0 Å². The van der Waals surface area contributed by atoms with Gasteiger partial charge in [-0.15, -0.1) is 10.2 Å². The Morgan fingerprint density at radius 1 is 1.71 bits per heavy atom. The molecular formula is C11H19N5O. The van der Waals surface area contributed by atoms with E-state index in [1.54, 1.807) is 6.33 Å². The number of piperidine rings is 1. The second-order valence-electron chi connectivity index (χ2n) is 4.29. The molecule has 0 spiro atoms. The van der Waals surface area contributed by atoms with E-state index >= 15 is 0 Å².